The van der Waals surface area contributed by atoms with Gasteiger partial charge in [-0.1, -0.05) is 72.8 Å². The SMILES string of the molecule is N#Cc1cccc(-c2c(-c3ccc4c(c3)oc3ccc(C#N)cc34)cccc2-c2cccc3c2sc2ccccc23)c1. The summed E-state index contributed by atoms with van der Waals surface area (Å²) in [6.07, 6.45) is 0. The maximum Gasteiger partial charge on any atom is 0.136 e. The molecule has 3 nitrogen and oxygen atoms in total. The molecule has 0 fully saturated rings. The quantitative estimate of drug-likeness (QED) is 0.219. The Bertz CT molecular complexity index is 2450. The van der Waals surface area contributed by atoms with Crippen LogP contribution in [0.1, 0.15) is 11.1 Å². The highest BCUT2D eigenvalue weighted by molar-refractivity contribution is 7.26. The summed E-state index contributed by atoms with van der Waals surface area (Å²) in [5.41, 5.74) is 9.17. The highest BCUT2D eigenvalue weighted by Crippen LogP contribution is 2.46. The van der Waals surface area contributed by atoms with E-state index in [4.69, 9.17) is 4.42 Å². The summed E-state index contributed by atoms with van der Waals surface area (Å²) in [6.45, 7) is 0. The van der Waals surface area contributed by atoms with Gasteiger partial charge in [-0.25, -0.2) is 0 Å². The molecule has 0 saturated heterocycles. The average molecular weight is 553 g/mol. The minimum atomic E-state index is 0.608. The predicted octanol–water partition coefficient (Wildman–Crippen LogP) is 10.7. The van der Waals surface area contributed by atoms with Crippen molar-refractivity contribution in [3.8, 4) is 45.5 Å². The molecule has 194 valence electrons. The monoisotopic (exact) mass is 552 g/mol. The number of furan rings is 1. The molecule has 6 aromatic carbocycles. The first-order valence-corrected chi connectivity index (χ1v) is 14.4. The van der Waals surface area contributed by atoms with Gasteiger partial charge in [0.1, 0.15) is 11.2 Å². The summed E-state index contributed by atoms with van der Waals surface area (Å²) >= 11 is 1.81. The molecule has 0 N–H and O–H groups in total. The largest absolute Gasteiger partial charge is 0.456 e. The number of benzene rings is 6. The Labute approximate surface area is 245 Å². The molecule has 0 spiro atoms. The van der Waals surface area contributed by atoms with Gasteiger partial charge in [-0.2, -0.15) is 10.5 Å². The van der Waals surface area contributed by atoms with Crippen LogP contribution in [-0.2, 0) is 0 Å². The van der Waals surface area contributed by atoms with Gasteiger partial charge in [-0.3, -0.25) is 0 Å². The lowest BCUT2D eigenvalue weighted by Crippen LogP contribution is -1.91. The van der Waals surface area contributed by atoms with E-state index in [-0.39, 0.29) is 0 Å². The third kappa shape index (κ3) is 3.71. The summed E-state index contributed by atoms with van der Waals surface area (Å²) in [5, 5.41) is 23.6. The molecule has 8 aromatic rings. The van der Waals surface area contributed by atoms with E-state index < -0.39 is 0 Å². The first kappa shape index (κ1) is 24.1. The molecule has 0 aliphatic carbocycles. The summed E-state index contributed by atoms with van der Waals surface area (Å²) in [5.74, 6) is 0. The van der Waals surface area contributed by atoms with Crippen molar-refractivity contribution in [3.63, 3.8) is 0 Å². The number of fused-ring (bicyclic) bond motifs is 6. The van der Waals surface area contributed by atoms with Crippen molar-refractivity contribution in [2.24, 2.45) is 0 Å². The third-order valence-corrected chi connectivity index (χ3v) is 9.17. The number of nitriles is 2. The van der Waals surface area contributed by atoms with Crippen molar-refractivity contribution < 1.29 is 4.42 Å². The van der Waals surface area contributed by atoms with Crippen LogP contribution in [0.4, 0.5) is 0 Å². The molecule has 42 heavy (non-hydrogen) atoms. The number of rotatable bonds is 3. The Morgan fingerprint density at radius 1 is 0.500 bits per heavy atom. The Hall–Kier alpha value is -5.68. The first-order chi connectivity index (χ1) is 20.7. The van der Waals surface area contributed by atoms with E-state index in [9.17, 15) is 10.5 Å². The maximum atomic E-state index is 9.75. The number of nitrogens with zero attached hydrogens (tertiary/aromatic N) is 2. The molecular weight excluding hydrogens is 532 g/mol. The van der Waals surface area contributed by atoms with Crippen LogP contribution in [-0.4, -0.2) is 0 Å². The number of hydrogen-bond acceptors (Lipinski definition) is 4. The standard InChI is InChI=1S/C38H20N2OS/c39-21-23-6-3-7-26(18-23)37-27(25-15-16-28-33-19-24(22-40)14-17-34(33)41-35(28)20-25)9-4-10-30(37)32-12-5-11-31-29-8-1-2-13-36(29)42-38(31)32/h1-20H. The molecule has 2 aromatic heterocycles. The highest BCUT2D eigenvalue weighted by atomic mass is 32.1. The second-order valence-corrected chi connectivity index (χ2v) is 11.4. The Balaban J connectivity index is 1.42. The van der Waals surface area contributed by atoms with Crippen LogP contribution in [0.3, 0.4) is 0 Å². The molecule has 0 radical (unpaired) electrons. The fraction of sp³-hybridized carbons (Fsp3) is 0. The number of thiophene rings is 1. The fourth-order valence-electron chi connectivity index (χ4n) is 6.05. The fourth-order valence-corrected chi connectivity index (χ4v) is 7.28. The van der Waals surface area contributed by atoms with Crippen molar-refractivity contribution in [2.45, 2.75) is 0 Å². The summed E-state index contributed by atoms with van der Waals surface area (Å²) in [7, 11) is 0. The topological polar surface area (TPSA) is 60.7 Å². The van der Waals surface area contributed by atoms with E-state index in [2.05, 4.69) is 97.1 Å². The van der Waals surface area contributed by atoms with Crippen molar-refractivity contribution in [2.75, 3.05) is 0 Å². The summed E-state index contributed by atoms with van der Waals surface area (Å²) in [6, 6.07) is 45.7. The summed E-state index contributed by atoms with van der Waals surface area (Å²) < 4.78 is 8.76. The molecule has 0 aliphatic rings. The van der Waals surface area contributed by atoms with E-state index in [1.807, 2.05) is 41.7 Å². The van der Waals surface area contributed by atoms with Gasteiger partial charge in [0.15, 0.2) is 0 Å². The molecular formula is C38H20N2OS. The van der Waals surface area contributed by atoms with Crippen LogP contribution in [0, 0.1) is 22.7 Å². The van der Waals surface area contributed by atoms with Gasteiger partial charge in [0.25, 0.3) is 0 Å². The Morgan fingerprint density at radius 3 is 2.17 bits per heavy atom. The van der Waals surface area contributed by atoms with E-state index in [0.717, 1.165) is 49.8 Å². The summed E-state index contributed by atoms with van der Waals surface area (Å²) in [4.78, 5) is 0. The van der Waals surface area contributed by atoms with E-state index in [1.54, 1.807) is 6.07 Å². The zero-order valence-corrected chi connectivity index (χ0v) is 23.1. The zero-order chi connectivity index (χ0) is 28.2. The molecule has 8 rings (SSSR count). The smallest absolute Gasteiger partial charge is 0.136 e. The molecule has 0 saturated carbocycles. The van der Waals surface area contributed by atoms with E-state index in [1.165, 1.54) is 25.7 Å². The van der Waals surface area contributed by atoms with E-state index in [0.29, 0.717) is 11.1 Å². The lowest BCUT2D eigenvalue weighted by molar-refractivity contribution is 0.669. The minimum absolute atomic E-state index is 0.608. The zero-order valence-electron chi connectivity index (χ0n) is 22.3. The van der Waals surface area contributed by atoms with Gasteiger partial charge in [-0.05, 0) is 76.3 Å². The van der Waals surface area contributed by atoms with Crippen molar-refractivity contribution >= 4 is 53.4 Å². The highest BCUT2D eigenvalue weighted by Gasteiger charge is 2.19. The molecule has 0 amide bonds. The van der Waals surface area contributed by atoms with Crippen LogP contribution >= 0.6 is 11.3 Å². The molecule has 0 atom stereocenters. The lowest BCUT2D eigenvalue weighted by Gasteiger charge is -2.17. The van der Waals surface area contributed by atoms with Crippen LogP contribution in [0.15, 0.2) is 126 Å². The first-order valence-electron chi connectivity index (χ1n) is 13.6. The van der Waals surface area contributed by atoms with Crippen molar-refractivity contribution in [1.29, 1.82) is 10.5 Å². The predicted molar refractivity (Wildman–Crippen MR) is 172 cm³/mol. The third-order valence-electron chi connectivity index (χ3n) is 7.95. The molecule has 0 aliphatic heterocycles. The normalized spacial score (nSPS) is 11.3. The second-order valence-electron chi connectivity index (χ2n) is 10.3. The lowest BCUT2D eigenvalue weighted by atomic mass is 9.86. The molecule has 2 heterocycles. The average Bonchev–Trinajstić information content (AvgIpc) is 3.62. The maximum absolute atomic E-state index is 9.75. The van der Waals surface area contributed by atoms with Crippen molar-refractivity contribution in [1.82, 2.24) is 0 Å². The van der Waals surface area contributed by atoms with Gasteiger partial charge >= 0.3 is 0 Å². The van der Waals surface area contributed by atoms with Crippen LogP contribution < -0.4 is 0 Å². The van der Waals surface area contributed by atoms with Crippen molar-refractivity contribution in [3.05, 3.63) is 132 Å². The van der Waals surface area contributed by atoms with Crippen LogP contribution in [0.2, 0.25) is 0 Å². The van der Waals surface area contributed by atoms with E-state index >= 15 is 0 Å². The van der Waals surface area contributed by atoms with Gasteiger partial charge in [0.05, 0.1) is 23.3 Å². The van der Waals surface area contributed by atoms with Gasteiger partial charge < -0.3 is 4.42 Å². The van der Waals surface area contributed by atoms with Crippen LogP contribution in [0.25, 0.3) is 75.5 Å². The Morgan fingerprint density at radius 2 is 1.26 bits per heavy atom. The molecule has 0 unspecified atom stereocenters. The Kier molecular flexibility index (Phi) is 5.44. The van der Waals surface area contributed by atoms with Crippen LogP contribution in [0.5, 0.6) is 0 Å². The molecule has 0 bridgehead atoms. The van der Waals surface area contributed by atoms with Gasteiger partial charge in [-0.15, -0.1) is 11.3 Å². The van der Waals surface area contributed by atoms with Gasteiger partial charge in [0.2, 0.25) is 0 Å². The molecule has 4 heteroatoms. The van der Waals surface area contributed by atoms with Gasteiger partial charge in [0, 0.05) is 36.5 Å². The number of hydrogen-bond donors (Lipinski definition) is 0. The second kappa shape index (κ2) is 9.46. The minimum Gasteiger partial charge on any atom is -0.456 e.